The molecule has 0 fully saturated rings. The molecule has 3 N–H and O–H groups in total. The third-order valence-electron chi connectivity index (χ3n) is 3.24. The summed E-state index contributed by atoms with van der Waals surface area (Å²) < 4.78 is 0. The number of hydrogen-bond donors (Lipinski definition) is 3. The van der Waals surface area contributed by atoms with Crippen molar-refractivity contribution in [2.45, 2.75) is 20.8 Å². The van der Waals surface area contributed by atoms with Gasteiger partial charge in [-0.15, -0.1) is 0 Å². The van der Waals surface area contributed by atoms with E-state index in [1.165, 1.54) is 6.20 Å². The van der Waals surface area contributed by atoms with Crippen molar-refractivity contribution in [3.05, 3.63) is 46.9 Å². The van der Waals surface area contributed by atoms with Gasteiger partial charge in [0, 0.05) is 5.69 Å². The minimum atomic E-state index is -1.15. The Morgan fingerprint density at radius 1 is 1.09 bits per heavy atom. The Kier molecular flexibility index (Phi) is 4.90. The number of amides is 1. The van der Waals surface area contributed by atoms with Gasteiger partial charge >= 0.3 is 5.97 Å². The van der Waals surface area contributed by atoms with Gasteiger partial charge in [-0.2, -0.15) is 0 Å². The molecule has 23 heavy (non-hydrogen) atoms. The zero-order valence-corrected chi connectivity index (χ0v) is 13.2. The monoisotopic (exact) mass is 314 g/mol. The van der Waals surface area contributed by atoms with E-state index in [0.29, 0.717) is 5.82 Å². The minimum Gasteiger partial charge on any atom is -0.476 e. The number of benzene rings is 1. The third kappa shape index (κ3) is 4.26. The SMILES string of the molecule is Cc1cc(C)c(NC(=O)CNc2cnc(C(=O)O)cn2)c(C)c1. The molecule has 0 unspecified atom stereocenters. The van der Waals surface area contributed by atoms with E-state index in [4.69, 9.17) is 5.11 Å². The Hall–Kier alpha value is -2.96. The first-order valence-electron chi connectivity index (χ1n) is 7.03. The molecule has 1 amide bonds. The lowest BCUT2D eigenvalue weighted by atomic mass is 10.1. The van der Waals surface area contributed by atoms with E-state index in [-0.39, 0.29) is 18.1 Å². The first kappa shape index (κ1) is 16.4. The molecular weight excluding hydrogens is 296 g/mol. The Labute approximate surface area is 133 Å². The summed E-state index contributed by atoms with van der Waals surface area (Å²) in [6.07, 6.45) is 2.41. The maximum atomic E-state index is 12.0. The van der Waals surface area contributed by atoms with E-state index in [0.717, 1.165) is 28.6 Å². The molecule has 0 saturated heterocycles. The van der Waals surface area contributed by atoms with Crippen LogP contribution in [0.4, 0.5) is 11.5 Å². The zero-order chi connectivity index (χ0) is 17.0. The summed E-state index contributed by atoms with van der Waals surface area (Å²) in [6, 6.07) is 4.01. The molecule has 1 aromatic carbocycles. The molecule has 0 bridgehead atoms. The van der Waals surface area contributed by atoms with Crippen LogP contribution in [-0.4, -0.2) is 33.5 Å². The minimum absolute atomic E-state index is 0.00779. The van der Waals surface area contributed by atoms with Crippen LogP contribution >= 0.6 is 0 Å². The second-order valence-corrected chi connectivity index (χ2v) is 5.27. The van der Waals surface area contributed by atoms with Crippen LogP contribution in [0.5, 0.6) is 0 Å². The van der Waals surface area contributed by atoms with Crippen LogP contribution < -0.4 is 10.6 Å². The predicted octanol–water partition coefficient (Wildman–Crippen LogP) is 2.15. The van der Waals surface area contributed by atoms with E-state index < -0.39 is 5.97 Å². The number of aromatic carboxylic acids is 1. The normalized spacial score (nSPS) is 10.2. The largest absolute Gasteiger partial charge is 0.476 e. The van der Waals surface area contributed by atoms with E-state index in [9.17, 15) is 9.59 Å². The third-order valence-corrected chi connectivity index (χ3v) is 3.24. The molecule has 0 atom stereocenters. The van der Waals surface area contributed by atoms with Crippen molar-refractivity contribution < 1.29 is 14.7 Å². The summed E-state index contributed by atoms with van der Waals surface area (Å²) in [6.45, 7) is 5.90. The van der Waals surface area contributed by atoms with E-state index in [2.05, 4.69) is 20.6 Å². The van der Waals surface area contributed by atoms with Crippen molar-refractivity contribution in [3.63, 3.8) is 0 Å². The first-order valence-corrected chi connectivity index (χ1v) is 7.03. The van der Waals surface area contributed by atoms with Gasteiger partial charge < -0.3 is 15.7 Å². The van der Waals surface area contributed by atoms with Crippen molar-refractivity contribution in [2.75, 3.05) is 17.2 Å². The summed E-state index contributed by atoms with van der Waals surface area (Å²) in [5.41, 5.74) is 3.80. The second kappa shape index (κ2) is 6.87. The number of anilines is 2. The van der Waals surface area contributed by atoms with Gasteiger partial charge in [0.25, 0.3) is 0 Å². The number of carbonyl (C=O) groups excluding carboxylic acids is 1. The predicted molar refractivity (Wildman–Crippen MR) is 86.8 cm³/mol. The summed E-state index contributed by atoms with van der Waals surface area (Å²) in [7, 11) is 0. The maximum Gasteiger partial charge on any atom is 0.356 e. The molecular formula is C16H18N4O3. The van der Waals surface area contributed by atoms with Crippen LogP contribution in [0.1, 0.15) is 27.2 Å². The molecule has 0 aliphatic heterocycles. The smallest absolute Gasteiger partial charge is 0.356 e. The topological polar surface area (TPSA) is 104 Å². The Morgan fingerprint density at radius 2 is 1.74 bits per heavy atom. The van der Waals surface area contributed by atoms with Crippen LogP contribution in [-0.2, 0) is 4.79 Å². The molecule has 0 radical (unpaired) electrons. The molecule has 120 valence electrons. The van der Waals surface area contributed by atoms with Crippen molar-refractivity contribution in [1.82, 2.24) is 9.97 Å². The van der Waals surface area contributed by atoms with Crippen molar-refractivity contribution in [2.24, 2.45) is 0 Å². The van der Waals surface area contributed by atoms with E-state index in [1.807, 2.05) is 32.9 Å². The van der Waals surface area contributed by atoms with Gasteiger partial charge in [-0.25, -0.2) is 14.8 Å². The molecule has 2 aromatic rings. The van der Waals surface area contributed by atoms with E-state index >= 15 is 0 Å². The summed E-state index contributed by atoms with van der Waals surface area (Å²) in [5.74, 6) is -1.03. The number of carbonyl (C=O) groups is 2. The van der Waals surface area contributed by atoms with Gasteiger partial charge in [0.05, 0.1) is 18.9 Å². The number of aromatic nitrogens is 2. The first-order chi connectivity index (χ1) is 10.9. The summed E-state index contributed by atoms with van der Waals surface area (Å²) >= 11 is 0. The standard InChI is InChI=1S/C16H18N4O3/c1-9-4-10(2)15(11(3)5-9)20-14(21)8-19-13-7-17-12(6-18-13)16(22)23/h4-7H,8H2,1-3H3,(H,18,19)(H,20,21)(H,22,23). The Bertz CT molecular complexity index is 718. The van der Waals surface area contributed by atoms with Crippen molar-refractivity contribution >= 4 is 23.4 Å². The Balaban J connectivity index is 1.96. The van der Waals surface area contributed by atoms with Crippen LogP contribution in [0, 0.1) is 20.8 Å². The van der Waals surface area contributed by atoms with Gasteiger partial charge in [-0.05, 0) is 31.9 Å². The lowest BCUT2D eigenvalue weighted by molar-refractivity contribution is -0.114. The Morgan fingerprint density at radius 3 is 2.26 bits per heavy atom. The molecule has 7 nitrogen and oxygen atoms in total. The molecule has 0 aliphatic rings. The van der Waals surface area contributed by atoms with Gasteiger partial charge in [0.15, 0.2) is 5.69 Å². The fourth-order valence-corrected chi connectivity index (χ4v) is 2.26. The quantitative estimate of drug-likeness (QED) is 0.781. The van der Waals surface area contributed by atoms with Gasteiger partial charge in [-0.3, -0.25) is 4.79 Å². The number of aryl methyl sites for hydroxylation is 3. The molecule has 0 spiro atoms. The molecule has 2 rings (SSSR count). The van der Waals surface area contributed by atoms with Gasteiger partial charge in [-0.1, -0.05) is 17.7 Å². The number of carboxylic acids is 1. The number of nitrogens with one attached hydrogen (secondary N) is 2. The average Bonchev–Trinajstić information content (AvgIpc) is 2.49. The number of carboxylic acid groups (broad SMARTS) is 1. The lowest BCUT2D eigenvalue weighted by Gasteiger charge is -2.13. The number of hydrogen-bond acceptors (Lipinski definition) is 5. The van der Waals surface area contributed by atoms with Crippen LogP contribution in [0.15, 0.2) is 24.5 Å². The summed E-state index contributed by atoms with van der Waals surface area (Å²) in [5, 5.41) is 14.4. The highest BCUT2D eigenvalue weighted by Crippen LogP contribution is 2.21. The van der Waals surface area contributed by atoms with Crippen molar-refractivity contribution in [1.29, 1.82) is 0 Å². The second-order valence-electron chi connectivity index (χ2n) is 5.27. The van der Waals surface area contributed by atoms with Crippen LogP contribution in [0.2, 0.25) is 0 Å². The van der Waals surface area contributed by atoms with Crippen molar-refractivity contribution in [3.8, 4) is 0 Å². The van der Waals surface area contributed by atoms with E-state index in [1.54, 1.807) is 0 Å². The zero-order valence-electron chi connectivity index (χ0n) is 13.2. The number of nitrogens with zero attached hydrogens (tertiary/aromatic N) is 2. The molecule has 1 heterocycles. The highest BCUT2D eigenvalue weighted by molar-refractivity contribution is 5.95. The molecule has 0 aliphatic carbocycles. The molecule has 7 heteroatoms. The van der Waals surface area contributed by atoms with Crippen LogP contribution in [0.3, 0.4) is 0 Å². The highest BCUT2D eigenvalue weighted by atomic mass is 16.4. The fourth-order valence-electron chi connectivity index (χ4n) is 2.26. The highest BCUT2D eigenvalue weighted by Gasteiger charge is 2.09. The van der Waals surface area contributed by atoms with Gasteiger partial charge in [0.2, 0.25) is 5.91 Å². The lowest BCUT2D eigenvalue weighted by Crippen LogP contribution is -2.23. The number of rotatable bonds is 5. The molecule has 1 aromatic heterocycles. The average molecular weight is 314 g/mol. The fraction of sp³-hybridized carbons (Fsp3) is 0.250. The molecule has 0 saturated carbocycles. The van der Waals surface area contributed by atoms with Crippen LogP contribution in [0.25, 0.3) is 0 Å². The van der Waals surface area contributed by atoms with Gasteiger partial charge in [0.1, 0.15) is 5.82 Å². The summed E-state index contributed by atoms with van der Waals surface area (Å²) in [4.78, 5) is 30.3. The maximum absolute atomic E-state index is 12.0.